The molecule has 1 aromatic rings. The van der Waals surface area contributed by atoms with Gasteiger partial charge in [-0.05, 0) is 17.9 Å². The third kappa shape index (κ3) is 4.11. The molecule has 0 amide bonds. The molecule has 2 atom stereocenters. The summed E-state index contributed by atoms with van der Waals surface area (Å²) in [6.07, 6.45) is -0.716. The number of hydrogen-bond donors (Lipinski definition) is 1. The van der Waals surface area contributed by atoms with Crippen LogP contribution in [0.2, 0.25) is 0 Å². The van der Waals surface area contributed by atoms with E-state index in [1.54, 1.807) is 0 Å². The van der Waals surface area contributed by atoms with Crippen LogP contribution in [-0.2, 0) is 0 Å². The monoisotopic (exact) mass is 250 g/mol. The lowest BCUT2D eigenvalue weighted by Crippen LogP contribution is -2.38. The van der Waals surface area contributed by atoms with Crippen LogP contribution in [0, 0.1) is 10.3 Å². The van der Waals surface area contributed by atoms with Crippen molar-refractivity contribution in [1.82, 2.24) is 5.01 Å². The first-order valence-electron chi connectivity index (χ1n) is 6.18. The summed E-state index contributed by atoms with van der Waals surface area (Å²) in [7, 11) is 0. The summed E-state index contributed by atoms with van der Waals surface area (Å²) in [4.78, 5) is 10.9. The maximum Gasteiger partial charge on any atom is 0.101 e. The van der Waals surface area contributed by atoms with Gasteiger partial charge in [0.2, 0.25) is 0 Å². The Morgan fingerprint density at radius 2 is 1.83 bits per heavy atom. The summed E-state index contributed by atoms with van der Waals surface area (Å²) >= 11 is 0. The van der Waals surface area contributed by atoms with Gasteiger partial charge in [0.25, 0.3) is 0 Å². The van der Waals surface area contributed by atoms with Crippen LogP contribution in [0.1, 0.15) is 39.4 Å². The lowest BCUT2D eigenvalue weighted by molar-refractivity contribution is 0.0398. The number of rotatable bonds is 5. The zero-order valence-corrected chi connectivity index (χ0v) is 11.5. The van der Waals surface area contributed by atoms with E-state index in [9.17, 15) is 10.0 Å². The highest BCUT2D eigenvalue weighted by Crippen LogP contribution is 2.24. The number of benzene rings is 1. The molecule has 4 nitrogen and oxygen atoms in total. The summed E-state index contributed by atoms with van der Waals surface area (Å²) in [6.45, 7) is 8.43. The molecular weight excluding hydrogens is 228 g/mol. The number of nitroso groups, excluding NO2 is 1. The SMILES string of the molecule is C[C@@H]([C@H](O)c1ccccc1)N(CC(C)(C)C)N=O. The minimum atomic E-state index is -0.716. The van der Waals surface area contributed by atoms with Crippen molar-refractivity contribution in [3.05, 3.63) is 40.8 Å². The standard InChI is InChI=1S/C14H22N2O2/c1-11(16(15-18)10-14(2,3)4)13(17)12-8-6-5-7-9-12/h5-9,11,13,17H,10H2,1-4H3/t11-,13-/m0/s1. The minimum absolute atomic E-state index is 0.0431. The molecule has 4 heteroatoms. The lowest BCUT2D eigenvalue weighted by Gasteiger charge is -2.32. The van der Waals surface area contributed by atoms with E-state index in [0.29, 0.717) is 6.54 Å². The molecule has 0 radical (unpaired) electrons. The third-order valence-electron chi connectivity index (χ3n) is 2.81. The van der Waals surface area contributed by atoms with Gasteiger partial charge in [0.05, 0.1) is 11.3 Å². The van der Waals surface area contributed by atoms with Crippen LogP contribution in [0.4, 0.5) is 0 Å². The predicted molar refractivity (Wildman–Crippen MR) is 72.8 cm³/mol. The fraction of sp³-hybridized carbons (Fsp3) is 0.571. The number of nitrogens with zero attached hydrogens (tertiary/aromatic N) is 2. The van der Waals surface area contributed by atoms with Crippen LogP contribution in [0.25, 0.3) is 0 Å². The van der Waals surface area contributed by atoms with Crippen molar-refractivity contribution in [3.63, 3.8) is 0 Å². The molecule has 0 aliphatic heterocycles. The first-order chi connectivity index (χ1) is 8.35. The van der Waals surface area contributed by atoms with Crippen molar-refractivity contribution in [2.45, 2.75) is 39.8 Å². The summed E-state index contributed by atoms with van der Waals surface area (Å²) in [6, 6.07) is 8.99. The third-order valence-corrected chi connectivity index (χ3v) is 2.81. The van der Waals surface area contributed by atoms with Gasteiger partial charge < -0.3 is 5.11 Å². The number of hydrogen-bond acceptors (Lipinski definition) is 3. The Balaban J connectivity index is 2.78. The van der Waals surface area contributed by atoms with Gasteiger partial charge >= 0.3 is 0 Å². The fourth-order valence-corrected chi connectivity index (χ4v) is 1.82. The quantitative estimate of drug-likeness (QED) is 0.645. The molecule has 1 aromatic carbocycles. The molecule has 0 heterocycles. The molecule has 0 fully saturated rings. The minimum Gasteiger partial charge on any atom is -0.386 e. The van der Waals surface area contributed by atoms with Crippen LogP contribution in [0.15, 0.2) is 35.6 Å². The van der Waals surface area contributed by atoms with Crippen molar-refractivity contribution < 1.29 is 5.11 Å². The second kappa shape index (κ2) is 5.96. The summed E-state index contributed by atoms with van der Waals surface area (Å²) < 4.78 is 0. The van der Waals surface area contributed by atoms with Crippen molar-refractivity contribution in [2.24, 2.45) is 10.7 Å². The number of aliphatic hydroxyl groups is 1. The van der Waals surface area contributed by atoms with Gasteiger partial charge in [0, 0.05) is 6.54 Å². The smallest absolute Gasteiger partial charge is 0.101 e. The maximum atomic E-state index is 10.9. The normalized spacial score (nSPS) is 14.9. The van der Waals surface area contributed by atoms with E-state index in [2.05, 4.69) is 5.29 Å². The highest BCUT2D eigenvalue weighted by atomic mass is 16.3. The Labute approximate surface area is 109 Å². The predicted octanol–water partition coefficient (Wildman–Crippen LogP) is 3.14. The van der Waals surface area contributed by atoms with E-state index in [1.165, 1.54) is 5.01 Å². The van der Waals surface area contributed by atoms with Crippen LogP contribution < -0.4 is 0 Å². The zero-order chi connectivity index (χ0) is 13.8. The van der Waals surface area contributed by atoms with Gasteiger partial charge in [0.1, 0.15) is 6.10 Å². The second-order valence-corrected chi connectivity index (χ2v) is 5.84. The topological polar surface area (TPSA) is 52.9 Å². The molecule has 0 aliphatic carbocycles. The van der Waals surface area contributed by atoms with Crippen LogP contribution >= 0.6 is 0 Å². The average molecular weight is 250 g/mol. The van der Waals surface area contributed by atoms with E-state index < -0.39 is 6.10 Å². The lowest BCUT2D eigenvalue weighted by atomic mass is 9.95. The molecule has 0 spiro atoms. The van der Waals surface area contributed by atoms with Gasteiger partial charge in [0.15, 0.2) is 0 Å². The molecule has 0 saturated carbocycles. The van der Waals surface area contributed by atoms with Crippen LogP contribution in [0.5, 0.6) is 0 Å². The molecule has 18 heavy (non-hydrogen) atoms. The highest BCUT2D eigenvalue weighted by molar-refractivity contribution is 5.18. The summed E-state index contributed by atoms with van der Waals surface area (Å²) in [5.74, 6) is 0. The zero-order valence-electron chi connectivity index (χ0n) is 11.5. The Bertz CT molecular complexity index is 373. The molecule has 0 aliphatic rings. The number of aliphatic hydroxyl groups excluding tert-OH is 1. The maximum absolute atomic E-state index is 10.9. The van der Waals surface area contributed by atoms with Gasteiger partial charge in [-0.1, -0.05) is 51.1 Å². The van der Waals surface area contributed by atoms with Crippen LogP contribution in [-0.4, -0.2) is 22.7 Å². The van der Waals surface area contributed by atoms with E-state index in [1.807, 2.05) is 58.0 Å². The largest absolute Gasteiger partial charge is 0.386 e. The highest BCUT2D eigenvalue weighted by Gasteiger charge is 2.26. The molecule has 1 N–H and O–H groups in total. The van der Waals surface area contributed by atoms with Crippen molar-refractivity contribution in [1.29, 1.82) is 0 Å². The van der Waals surface area contributed by atoms with E-state index in [-0.39, 0.29) is 11.5 Å². The Morgan fingerprint density at radius 1 is 1.28 bits per heavy atom. The molecule has 0 aromatic heterocycles. The molecule has 1 rings (SSSR count). The fourth-order valence-electron chi connectivity index (χ4n) is 1.82. The average Bonchev–Trinajstić information content (AvgIpc) is 2.34. The molecule has 0 saturated heterocycles. The van der Waals surface area contributed by atoms with Crippen molar-refractivity contribution >= 4 is 0 Å². The van der Waals surface area contributed by atoms with E-state index in [4.69, 9.17) is 0 Å². The van der Waals surface area contributed by atoms with E-state index in [0.717, 1.165) is 5.56 Å². The Kier molecular flexibility index (Phi) is 4.84. The Hall–Kier alpha value is -1.42. The van der Waals surface area contributed by atoms with Gasteiger partial charge in [-0.25, -0.2) is 0 Å². The van der Waals surface area contributed by atoms with Crippen molar-refractivity contribution in [3.8, 4) is 0 Å². The summed E-state index contributed by atoms with van der Waals surface area (Å²) in [5.41, 5.74) is 0.756. The van der Waals surface area contributed by atoms with Crippen LogP contribution in [0.3, 0.4) is 0 Å². The molecule has 0 unspecified atom stereocenters. The van der Waals surface area contributed by atoms with Crippen molar-refractivity contribution in [2.75, 3.05) is 6.54 Å². The van der Waals surface area contributed by atoms with E-state index >= 15 is 0 Å². The molecular formula is C14H22N2O2. The second-order valence-electron chi connectivity index (χ2n) is 5.84. The van der Waals surface area contributed by atoms with Gasteiger partial charge in [-0.15, -0.1) is 4.91 Å². The van der Waals surface area contributed by atoms with Gasteiger partial charge in [-0.2, -0.15) is 0 Å². The first-order valence-corrected chi connectivity index (χ1v) is 6.18. The Morgan fingerprint density at radius 3 is 2.28 bits per heavy atom. The summed E-state index contributed by atoms with van der Waals surface area (Å²) in [5, 5.41) is 14.7. The molecule has 0 bridgehead atoms. The first kappa shape index (κ1) is 14.6. The van der Waals surface area contributed by atoms with Gasteiger partial charge in [-0.3, -0.25) is 5.01 Å². The molecule has 100 valence electrons.